The van der Waals surface area contributed by atoms with Gasteiger partial charge in [-0.1, -0.05) is 54.6 Å². The molecule has 1 atom stereocenters. The Hall–Kier alpha value is -2.81. The summed E-state index contributed by atoms with van der Waals surface area (Å²) in [7, 11) is 1.66. The van der Waals surface area contributed by atoms with Crippen LogP contribution in [0.1, 0.15) is 24.0 Å². The van der Waals surface area contributed by atoms with Gasteiger partial charge in [-0.3, -0.25) is 4.79 Å². The molecule has 0 aliphatic carbocycles. The van der Waals surface area contributed by atoms with Crippen LogP contribution in [0.4, 0.5) is 0 Å². The minimum atomic E-state index is -0.178. The van der Waals surface area contributed by atoms with E-state index in [-0.39, 0.29) is 11.8 Å². The minimum Gasteiger partial charge on any atom is -0.497 e. The number of amides is 1. The van der Waals surface area contributed by atoms with Gasteiger partial charge in [-0.2, -0.15) is 0 Å². The van der Waals surface area contributed by atoms with E-state index in [1.165, 1.54) is 5.56 Å². The Morgan fingerprint density at radius 3 is 2.48 bits per heavy atom. The van der Waals surface area contributed by atoms with E-state index in [1.807, 2.05) is 55.5 Å². The molecule has 0 saturated carbocycles. The molecule has 128 valence electrons. The molecule has 3 aromatic rings. The molecule has 3 heteroatoms. The van der Waals surface area contributed by atoms with Crippen LogP contribution in [0.5, 0.6) is 5.75 Å². The number of ether oxygens (including phenoxy) is 1. The van der Waals surface area contributed by atoms with Crippen LogP contribution >= 0.6 is 0 Å². The molecule has 0 unspecified atom stereocenters. The number of hydrogen-bond donors (Lipinski definition) is 1. The van der Waals surface area contributed by atoms with Crippen LogP contribution in [0.3, 0.4) is 0 Å². The van der Waals surface area contributed by atoms with Gasteiger partial charge in [0.05, 0.1) is 13.0 Å². The Morgan fingerprint density at radius 1 is 1.00 bits per heavy atom. The number of rotatable bonds is 6. The number of hydrogen-bond acceptors (Lipinski definition) is 2. The first-order chi connectivity index (χ1) is 12.2. The van der Waals surface area contributed by atoms with Crippen molar-refractivity contribution in [3.8, 4) is 5.75 Å². The first kappa shape index (κ1) is 17.0. The van der Waals surface area contributed by atoms with E-state index >= 15 is 0 Å². The zero-order chi connectivity index (χ0) is 17.6. The maximum absolute atomic E-state index is 12.4. The van der Waals surface area contributed by atoms with Crippen LogP contribution in [-0.4, -0.2) is 19.6 Å². The summed E-state index contributed by atoms with van der Waals surface area (Å²) in [5.74, 6) is 0.720. The van der Waals surface area contributed by atoms with Gasteiger partial charge in [-0.15, -0.1) is 0 Å². The Kier molecular flexibility index (Phi) is 5.34. The number of fused-ring (bicyclic) bond motifs is 1. The predicted octanol–water partition coefficient (Wildman–Crippen LogP) is 4.31. The summed E-state index contributed by atoms with van der Waals surface area (Å²) in [6, 6.07) is 22.3. The summed E-state index contributed by atoms with van der Waals surface area (Å²) in [4.78, 5) is 12.4. The van der Waals surface area contributed by atoms with Gasteiger partial charge in [0.15, 0.2) is 0 Å². The highest BCUT2D eigenvalue weighted by Crippen LogP contribution is 2.25. The van der Waals surface area contributed by atoms with Crippen molar-refractivity contribution in [3.63, 3.8) is 0 Å². The Labute approximate surface area is 148 Å². The topological polar surface area (TPSA) is 38.3 Å². The highest BCUT2D eigenvalue weighted by Gasteiger charge is 2.15. The number of carbonyl (C=O) groups is 1. The molecule has 0 saturated heterocycles. The third-order valence-corrected chi connectivity index (χ3v) is 4.52. The van der Waals surface area contributed by atoms with Crippen molar-refractivity contribution in [2.75, 3.05) is 13.7 Å². The predicted molar refractivity (Wildman–Crippen MR) is 102 cm³/mol. The Balaban J connectivity index is 1.64. The van der Waals surface area contributed by atoms with Crippen molar-refractivity contribution in [1.29, 1.82) is 0 Å². The van der Waals surface area contributed by atoms with E-state index in [0.29, 0.717) is 6.54 Å². The summed E-state index contributed by atoms with van der Waals surface area (Å²) in [5.41, 5.74) is 2.25. The number of methoxy groups -OCH3 is 1. The molecule has 1 N–H and O–H groups in total. The van der Waals surface area contributed by atoms with Gasteiger partial charge >= 0.3 is 0 Å². The summed E-state index contributed by atoms with van der Waals surface area (Å²) in [5, 5.41) is 5.26. The van der Waals surface area contributed by atoms with E-state index in [1.54, 1.807) is 7.11 Å². The molecular weight excluding hydrogens is 310 g/mol. The van der Waals surface area contributed by atoms with Crippen molar-refractivity contribution in [3.05, 3.63) is 77.9 Å². The molecule has 3 nitrogen and oxygen atoms in total. The largest absolute Gasteiger partial charge is 0.497 e. The first-order valence-corrected chi connectivity index (χ1v) is 8.57. The average Bonchev–Trinajstić information content (AvgIpc) is 2.67. The summed E-state index contributed by atoms with van der Waals surface area (Å²) in [6.45, 7) is 2.60. The molecule has 0 radical (unpaired) electrons. The standard InChI is InChI=1S/C22H23NO2/c1-16(22(24)23-13-12-17-6-4-3-5-7-17)18-8-9-20-15-21(25-2)11-10-19(20)14-18/h3-11,14-16H,12-13H2,1-2H3,(H,23,24)/t16-/m1/s1. The fourth-order valence-electron chi connectivity index (χ4n) is 2.92. The van der Waals surface area contributed by atoms with Crippen molar-refractivity contribution in [2.24, 2.45) is 0 Å². The molecule has 0 aromatic heterocycles. The van der Waals surface area contributed by atoms with Crippen LogP contribution in [0.15, 0.2) is 66.7 Å². The van der Waals surface area contributed by atoms with Gasteiger partial charge in [0, 0.05) is 6.54 Å². The van der Waals surface area contributed by atoms with Gasteiger partial charge in [0.1, 0.15) is 5.75 Å². The third kappa shape index (κ3) is 4.18. The van der Waals surface area contributed by atoms with E-state index < -0.39 is 0 Å². The molecule has 25 heavy (non-hydrogen) atoms. The zero-order valence-corrected chi connectivity index (χ0v) is 14.7. The van der Waals surface area contributed by atoms with Crippen molar-refractivity contribution >= 4 is 16.7 Å². The van der Waals surface area contributed by atoms with Crippen molar-refractivity contribution in [2.45, 2.75) is 19.3 Å². The normalized spacial score (nSPS) is 11.9. The maximum Gasteiger partial charge on any atom is 0.227 e. The summed E-state index contributed by atoms with van der Waals surface area (Å²) >= 11 is 0. The smallest absolute Gasteiger partial charge is 0.227 e. The monoisotopic (exact) mass is 333 g/mol. The van der Waals surface area contributed by atoms with Crippen LogP contribution in [0.2, 0.25) is 0 Å². The maximum atomic E-state index is 12.4. The zero-order valence-electron chi connectivity index (χ0n) is 14.7. The lowest BCUT2D eigenvalue weighted by molar-refractivity contribution is -0.122. The van der Waals surface area contributed by atoms with Gasteiger partial charge in [0.2, 0.25) is 5.91 Å². The quantitative estimate of drug-likeness (QED) is 0.730. The molecule has 3 rings (SSSR count). The van der Waals surface area contributed by atoms with Crippen LogP contribution in [-0.2, 0) is 11.2 Å². The van der Waals surface area contributed by atoms with Crippen LogP contribution in [0, 0.1) is 0 Å². The number of nitrogens with one attached hydrogen (secondary N) is 1. The Morgan fingerprint density at radius 2 is 1.72 bits per heavy atom. The van der Waals surface area contributed by atoms with Gasteiger partial charge < -0.3 is 10.1 Å². The number of carbonyl (C=O) groups excluding carboxylic acids is 1. The van der Waals surface area contributed by atoms with Crippen LogP contribution < -0.4 is 10.1 Å². The molecule has 0 spiro atoms. The molecule has 0 heterocycles. The van der Waals surface area contributed by atoms with Gasteiger partial charge in [0.25, 0.3) is 0 Å². The lowest BCUT2D eigenvalue weighted by atomic mass is 9.97. The van der Waals surface area contributed by atoms with Crippen molar-refractivity contribution < 1.29 is 9.53 Å². The molecule has 1 amide bonds. The van der Waals surface area contributed by atoms with Gasteiger partial charge in [-0.05, 0) is 47.4 Å². The second-order valence-electron chi connectivity index (χ2n) is 6.22. The highest BCUT2D eigenvalue weighted by molar-refractivity contribution is 5.88. The SMILES string of the molecule is COc1ccc2cc([C@@H](C)C(=O)NCCc3ccccc3)ccc2c1. The summed E-state index contributed by atoms with van der Waals surface area (Å²) in [6.07, 6.45) is 0.844. The molecule has 3 aromatic carbocycles. The highest BCUT2D eigenvalue weighted by atomic mass is 16.5. The molecule has 0 aliphatic heterocycles. The van der Waals surface area contributed by atoms with Crippen molar-refractivity contribution in [1.82, 2.24) is 5.32 Å². The molecule has 0 bridgehead atoms. The Bertz CT molecular complexity index is 858. The molecular formula is C22H23NO2. The summed E-state index contributed by atoms with van der Waals surface area (Å²) < 4.78 is 5.25. The second kappa shape index (κ2) is 7.84. The van der Waals surface area contributed by atoms with Crippen LogP contribution in [0.25, 0.3) is 10.8 Å². The lowest BCUT2D eigenvalue weighted by Gasteiger charge is -2.14. The molecule has 0 aliphatic rings. The fraction of sp³-hybridized carbons (Fsp3) is 0.227. The van der Waals surface area contributed by atoms with E-state index in [0.717, 1.165) is 28.5 Å². The number of benzene rings is 3. The fourth-order valence-corrected chi connectivity index (χ4v) is 2.92. The average molecular weight is 333 g/mol. The minimum absolute atomic E-state index is 0.0591. The second-order valence-corrected chi connectivity index (χ2v) is 6.22. The van der Waals surface area contributed by atoms with Gasteiger partial charge in [-0.25, -0.2) is 0 Å². The van der Waals surface area contributed by atoms with E-state index in [4.69, 9.17) is 4.74 Å². The third-order valence-electron chi connectivity index (χ3n) is 4.52. The lowest BCUT2D eigenvalue weighted by Crippen LogP contribution is -2.29. The molecule has 0 fully saturated rings. The van der Waals surface area contributed by atoms with E-state index in [9.17, 15) is 4.79 Å². The first-order valence-electron chi connectivity index (χ1n) is 8.57. The van der Waals surface area contributed by atoms with E-state index in [2.05, 4.69) is 23.5 Å².